The molecule has 2 N–H and O–H groups in total. The summed E-state index contributed by atoms with van der Waals surface area (Å²) in [7, 11) is 0. The van der Waals surface area contributed by atoms with E-state index in [1.807, 2.05) is 11.8 Å². The molecular weight excluding hydrogens is 228 g/mol. The minimum absolute atomic E-state index is 0.108. The first kappa shape index (κ1) is 13.1. The van der Waals surface area contributed by atoms with Crippen molar-refractivity contribution in [3.8, 4) is 0 Å². The number of hydrogen-bond acceptors (Lipinski definition) is 3. The minimum atomic E-state index is 0.108. The van der Waals surface area contributed by atoms with Gasteiger partial charge in [0.05, 0.1) is 11.8 Å². The molecule has 5 heteroatoms. The number of carbonyl (C=O) groups excluding carboxylic acids is 1. The molecule has 2 heterocycles. The molecule has 5 nitrogen and oxygen atoms in total. The van der Waals surface area contributed by atoms with Crippen LogP contribution in [0.1, 0.15) is 42.2 Å². The fraction of sp³-hybridized carbons (Fsp3) is 0.692. The number of carbonyl (C=O) groups is 1. The normalized spacial score (nSPS) is 19.8. The van der Waals surface area contributed by atoms with Gasteiger partial charge >= 0.3 is 0 Å². The second-order valence-electron chi connectivity index (χ2n) is 4.91. The molecule has 0 aromatic carbocycles. The third-order valence-corrected chi connectivity index (χ3v) is 3.50. The van der Waals surface area contributed by atoms with Gasteiger partial charge in [0.15, 0.2) is 0 Å². The van der Waals surface area contributed by atoms with Gasteiger partial charge in [0.25, 0.3) is 5.91 Å². The lowest BCUT2D eigenvalue weighted by Gasteiger charge is -2.34. The van der Waals surface area contributed by atoms with Crippen LogP contribution >= 0.6 is 0 Å². The molecule has 2 rings (SSSR count). The van der Waals surface area contributed by atoms with Crippen molar-refractivity contribution in [3.05, 3.63) is 17.5 Å². The zero-order chi connectivity index (χ0) is 13.0. The van der Waals surface area contributed by atoms with Gasteiger partial charge in [-0.25, -0.2) is 0 Å². The van der Waals surface area contributed by atoms with Crippen molar-refractivity contribution >= 4 is 5.91 Å². The average Bonchev–Trinajstić information content (AvgIpc) is 2.82. The highest BCUT2D eigenvalue weighted by atomic mass is 16.2. The summed E-state index contributed by atoms with van der Waals surface area (Å²) in [6, 6.07) is 0.320. The topological polar surface area (TPSA) is 61.0 Å². The van der Waals surface area contributed by atoms with Crippen LogP contribution in [-0.4, -0.2) is 46.7 Å². The van der Waals surface area contributed by atoms with Crippen molar-refractivity contribution in [1.29, 1.82) is 0 Å². The third-order valence-electron chi connectivity index (χ3n) is 3.50. The summed E-state index contributed by atoms with van der Waals surface area (Å²) in [5, 5.41) is 10.1. The van der Waals surface area contributed by atoms with E-state index < -0.39 is 0 Å². The van der Waals surface area contributed by atoms with Crippen LogP contribution in [0.5, 0.6) is 0 Å². The lowest BCUT2D eigenvalue weighted by Crippen LogP contribution is -2.49. The van der Waals surface area contributed by atoms with Gasteiger partial charge in [0.2, 0.25) is 0 Å². The minimum Gasteiger partial charge on any atom is -0.334 e. The van der Waals surface area contributed by atoms with Gasteiger partial charge < -0.3 is 10.2 Å². The summed E-state index contributed by atoms with van der Waals surface area (Å²) in [6.07, 6.45) is 4.86. The largest absolute Gasteiger partial charge is 0.334 e. The Bertz CT molecular complexity index is 395. The maximum absolute atomic E-state index is 12.6. The van der Waals surface area contributed by atoms with Gasteiger partial charge in [-0.05, 0) is 32.7 Å². The van der Waals surface area contributed by atoms with Crippen molar-refractivity contribution in [2.45, 2.75) is 39.2 Å². The fourth-order valence-corrected chi connectivity index (χ4v) is 2.51. The number of aromatic amines is 1. The molecule has 0 aliphatic carbocycles. The molecular formula is C13H22N4O. The molecule has 1 aromatic heterocycles. The van der Waals surface area contributed by atoms with Gasteiger partial charge in [-0.2, -0.15) is 5.10 Å². The predicted molar refractivity (Wildman–Crippen MR) is 70.5 cm³/mol. The van der Waals surface area contributed by atoms with Crippen LogP contribution in [-0.2, 0) is 0 Å². The second kappa shape index (κ2) is 6.00. The first-order valence-corrected chi connectivity index (χ1v) is 6.75. The lowest BCUT2D eigenvalue weighted by molar-refractivity contribution is 0.0648. The molecule has 1 aliphatic heterocycles. The van der Waals surface area contributed by atoms with Gasteiger partial charge in [-0.15, -0.1) is 0 Å². The van der Waals surface area contributed by atoms with E-state index in [1.54, 1.807) is 6.20 Å². The molecule has 1 amide bonds. The van der Waals surface area contributed by atoms with Crippen molar-refractivity contribution in [2.75, 3.05) is 19.6 Å². The van der Waals surface area contributed by atoms with E-state index in [9.17, 15) is 4.79 Å². The summed E-state index contributed by atoms with van der Waals surface area (Å²) in [4.78, 5) is 14.6. The van der Waals surface area contributed by atoms with E-state index in [4.69, 9.17) is 0 Å². The summed E-state index contributed by atoms with van der Waals surface area (Å²) in [6.45, 7) is 6.79. The maximum atomic E-state index is 12.6. The summed E-state index contributed by atoms with van der Waals surface area (Å²) in [5.41, 5.74) is 1.55. The van der Waals surface area contributed by atoms with E-state index in [-0.39, 0.29) is 5.91 Å². The van der Waals surface area contributed by atoms with Crippen LogP contribution < -0.4 is 5.32 Å². The number of aryl methyl sites for hydroxylation is 1. The van der Waals surface area contributed by atoms with Crippen molar-refractivity contribution in [2.24, 2.45) is 0 Å². The van der Waals surface area contributed by atoms with Gasteiger partial charge in [0, 0.05) is 24.8 Å². The Balaban J connectivity index is 2.13. The Hall–Kier alpha value is -1.36. The number of H-pyrrole nitrogens is 1. The van der Waals surface area contributed by atoms with E-state index in [1.165, 1.54) is 0 Å². The van der Waals surface area contributed by atoms with Crippen LogP contribution in [0.3, 0.4) is 0 Å². The Kier molecular flexibility index (Phi) is 4.36. The quantitative estimate of drug-likeness (QED) is 0.847. The SMILES string of the molecule is CCCN(C(=O)c1cn[nH]c1C)C1CCCNC1. The Morgan fingerprint density at radius 3 is 3.00 bits per heavy atom. The van der Waals surface area contributed by atoms with Gasteiger partial charge in [-0.3, -0.25) is 9.89 Å². The molecule has 1 saturated heterocycles. The molecule has 1 fully saturated rings. The molecule has 18 heavy (non-hydrogen) atoms. The standard InChI is InChI=1S/C13H22N4O/c1-3-7-17(11-5-4-6-14-8-11)13(18)12-9-15-16-10(12)2/h9,11,14H,3-8H2,1-2H3,(H,15,16). The fourth-order valence-electron chi connectivity index (χ4n) is 2.51. The highest BCUT2D eigenvalue weighted by Gasteiger charge is 2.26. The van der Waals surface area contributed by atoms with Crippen molar-refractivity contribution in [1.82, 2.24) is 20.4 Å². The summed E-state index contributed by atoms with van der Waals surface area (Å²) < 4.78 is 0. The van der Waals surface area contributed by atoms with E-state index >= 15 is 0 Å². The van der Waals surface area contributed by atoms with Gasteiger partial charge in [0.1, 0.15) is 0 Å². The van der Waals surface area contributed by atoms with Crippen LogP contribution in [0.25, 0.3) is 0 Å². The molecule has 0 radical (unpaired) electrons. The molecule has 1 aliphatic rings. The molecule has 0 saturated carbocycles. The first-order valence-electron chi connectivity index (χ1n) is 6.75. The number of rotatable bonds is 4. The third kappa shape index (κ3) is 2.72. The molecule has 1 unspecified atom stereocenters. The van der Waals surface area contributed by atoms with Crippen LogP contribution in [0.15, 0.2) is 6.20 Å². The monoisotopic (exact) mass is 250 g/mol. The summed E-state index contributed by atoms with van der Waals surface area (Å²) >= 11 is 0. The zero-order valence-electron chi connectivity index (χ0n) is 11.2. The number of amides is 1. The second-order valence-corrected chi connectivity index (χ2v) is 4.91. The van der Waals surface area contributed by atoms with E-state index in [0.29, 0.717) is 11.6 Å². The van der Waals surface area contributed by atoms with Crippen molar-refractivity contribution < 1.29 is 4.79 Å². The number of nitrogens with zero attached hydrogens (tertiary/aromatic N) is 2. The maximum Gasteiger partial charge on any atom is 0.257 e. The predicted octanol–water partition coefficient (Wildman–Crippen LogP) is 1.32. The van der Waals surface area contributed by atoms with E-state index in [2.05, 4.69) is 22.4 Å². The highest BCUT2D eigenvalue weighted by Crippen LogP contribution is 2.16. The smallest absolute Gasteiger partial charge is 0.257 e. The number of nitrogens with one attached hydrogen (secondary N) is 2. The molecule has 1 atom stereocenters. The Morgan fingerprint density at radius 1 is 1.61 bits per heavy atom. The molecule has 0 spiro atoms. The van der Waals surface area contributed by atoms with E-state index in [0.717, 1.165) is 44.6 Å². The number of aromatic nitrogens is 2. The molecule has 1 aromatic rings. The molecule has 100 valence electrons. The highest BCUT2D eigenvalue weighted by molar-refractivity contribution is 5.95. The molecule has 0 bridgehead atoms. The lowest BCUT2D eigenvalue weighted by atomic mass is 10.0. The number of piperidine rings is 1. The summed E-state index contributed by atoms with van der Waals surface area (Å²) in [5.74, 6) is 0.108. The van der Waals surface area contributed by atoms with Crippen molar-refractivity contribution in [3.63, 3.8) is 0 Å². The van der Waals surface area contributed by atoms with Crippen LogP contribution in [0.4, 0.5) is 0 Å². The first-order chi connectivity index (χ1) is 8.74. The van der Waals surface area contributed by atoms with Crippen LogP contribution in [0, 0.1) is 6.92 Å². The average molecular weight is 250 g/mol. The Labute approximate surface area is 108 Å². The Morgan fingerprint density at radius 2 is 2.44 bits per heavy atom. The van der Waals surface area contributed by atoms with Gasteiger partial charge in [-0.1, -0.05) is 6.92 Å². The number of hydrogen-bond donors (Lipinski definition) is 2. The van der Waals surface area contributed by atoms with Crippen LogP contribution in [0.2, 0.25) is 0 Å². The zero-order valence-corrected chi connectivity index (χ0v) is 11.2.